The topological polar surface area (TPSA) is 39.2 Å². The van der Waals surface area contributed by atoms with Crippen molar-refractivity contribution in [3.05, 3.63) is 63.4 Å². The third-order valence-electron chi connectivity index (χ3n) is 3.30. The van der Waals surface area contributed by atoms with Crippen molar-refractivity contribution >= 4 is 21.9 Å². The first kappa shape index (κ1) is 15.7. The Bertz CT molecular complexity index is 640. The Morgan fingerprint density at radius 2 is 2.05 bits per heavy atom. The molecule has 0 bridgehead atoms. The van der Waals surface area contributed by atoms with Crippen LogP contribution in [0, 0.1) is 6.92 Å². The maximum Gasteiger partial charge on any atom is 0.337 e. The number of benzene rings is 1. The Morgan fingerprint density at radius 1 is 1.24 bits per heavy atom. The van der Waals surface area contributed by atoms with E-state index in [-0.39, 0.29) is 5.97 Å². The summed E-state index contributed by atoms with van der Waals surface area (Å²) in [6.45, 7) is 2.01. The summed E-state index contributed by atoms with van der Waals surface area (Å²) in [6, 6.07) is 11.7. The molecule has 0 fully saturated rings. The van der Waals surface area contributed by atoms with Gasteiger partial charge < -0.3 is 4.74 Å². The molecule has 0 saturated carbocycles. The monoisotopic (exact) mass is 347 g/mol. The maximum atomic E-state index is 11.5. The Balaban J connectivity index is 1.96. The number of hydrogen-bond donors (Lipinski definition) is 0. The lowest BCUT2D eigenvalue weighted by Gasteiger charge is -2.07. The standard InChI is InChI=1S/C17H18BrNO2/c1-12-5-3-7-15(19-12)8-4-6-13-9-10-14(11-16(13)18)17(20)21-2/h3,5,7,9-11H,4,6,8H2,1-2H3. The fourth-order valence-corrected chi connectivity index (χ4v) is 2.77. The van der Waals surface area contributed by atoms with Crippen LogP contribution in [0.25, 0.3) is 0 Å². The highest BCUT2D eigenvalue weighted by Crippen LogP contribution is 2.21. The van der Waals surface area contributed by atoms with Crippen LogP contribution in [0.15, 0.2) is 40.9 Å². The molecular weight excluding hydrogens is 330 g/mol. The van der Waals surface area contributed by atoms with E-state index in [4.69, 9.17) is 4.74 Å². The predicted molar refractivity (Wildman–Crippen MR) is 86.5 cm³/mol. The van der Waals surface area contributed by atoms with Gasteiger partial charge in [-0.1, -0.05) is 28.1 Å². The Kier molecular flexibility index (Phi) is 5.51. The van der Waals surface area contributed by atoms with Crippen LogP contribution in [0.5, 0.6) is 0 Å². The molecule has 0 radical (unpaired) electrons. The van der Waals surface area contributed by atoms with Crippen LogP contribution in [0.3, 0.4) is 0 Å². The summed E-state index contributed by atoms with van der Waals surface area (Å²) >= 11 is 3.52. The summed E-state index contributed by atoms with van der Waals surface area (Å²) in [5.74, 6) is -0.314. The van der Waals surface area contributed by atoms with Crippen molar-refractivity contribution < 1.29 is 9.53 Å². The van der Waals surface area contributed by atoms with E-state index in [0.29, 0.717) is 5.56 Å². The van der Waals surface area contributed by atoms with Crippen LogP contribution in [0.1, 0.15) is 33.7 Å². The zero-order valence-electron chi connectivity index (χ0n) is 12.2. The number of pyridine rings is 1. The number of esters is 1. The lowest BCUT2D eigenvalue weighted by Crippen LogP contribution is -2.02. The first-order valence-electron chi connectivity index (χ1n) is 6.89. The molecular formula is C17H18BrNO2. The highest BCUT2D eigenvalue weighted by molar-refractivity contribution is 9.10. The molecule has 0 aliphatic carbocycles. The second-order valence-electron chi connectivity index (χ2n) is 4.92. The molecule has 0 N–H and O–H groups in total. The van der Waals surface area contributed by atoms with Crippen LogP contribution in [-0.2, 0) is 17.6 Å². The van der Waals surface area contributed by atoms with E-state index >= 15 is 0 Å². The van der Waals surface area contributed by atoms with Crippen LogP contribution in [0.2, 0.25) is 0 Å². The average Bonchev–Trinajstić information content (AvgIpc) is 2.48. The van der Waals surface area contributed by atoms with Gasteiger partial charge in [-0.3, -0.25) is 4.98 Å². The summed E-state index contributed by atoms with van der Waals surface area (Å²) < 4.78 is 5.66. The van der Waals surface area contributed by atoms with Gasteiger partial charge in [0.25, 0.3) is 0 Å². The van der Waals surface area contributed by atoms with Crippen molar-refractivity contribution in [2.75, 3.05) is 7.11 Å². The van der Waals surface area contributed by atoms with Crippen molar-refractivity contribution in [1.82, 2.24) is 4.98 Å². The van der Waals surface area contributed by atoms with Gasteiger partial charge in [-0.25, -0.2) is 4.79 Å². The zero-order valence-corrected chi connectivity index (χ0v) is 13.8. The van der Waals surface area contributed by atoms with Crippen LogP contribution >= 0.6 is 15.9 Å². The summed E-state index contributed by atoms with van der Waals surface area (Å²) in [7, 11) is 1.39. The van der Waals surface area contributed by atoms with Crippen LogP contribution in [0.4, 0.5) is 0 Å². The first-order valence-corrected chi connectivity index (χ1v) is 7.68. The van der Waals surface area contributed by atoms with Gasteiger partial charge >= 0.3 is 5.97 Å². The molecule has 0 unspecified atom stereocenters. The highest BCUT2D eigenvalue weighted by atomic mass is 79.9. The lowest BCUT2D eigenvalue weighted by molar-refractivity contribution is 0.0600. The third-order valence-corrected chi connectivity index (χ3v) is 4.04. The van der Waals surface area contributed by atoms with E-state index in [1.54, 1.807) is 6.07 Å². The number of rotatable bonds is 5. The number of methoxy groups -OCH3 is 1. The SMILES string of the molecule is COC(=O)c1ccc(CCCc2cccc(C)n2)c(Br)c1. The van der Waals surface area contributed by atoms with E-state index in [9.17, 15) is 4.79 Å². The average molecular weight is 348 g/mol. The number of aryl methyl sites for hydroxylation is 3. The zero-order chi connectivity index (χ0) is 15.2. The van der Waals surface area contributed by atoms with E-state index in [0.717, 1.165) is 35.1 Å². The van der Waals surface area contributed by atoms with Gasteiger partial charge in [0, 0.05) is 15.9 Å². The molecule has 1 heterocycles. The molecule has 1 aromatic carbocycles. The largest absolute Gasteiger partial charge is 0.465 e. The van der Waals surface area contributed by atoms with Crippen molar-refractivity contribution in [2.45, 2.75) is 26.2 Å². The molecule has 3 nitrogen and oxygen atoms in total. The molecule has 21 heavy (non-hydrogen) atoms. The summed E-state index contributed by atoms with van der Waals surface area (Å²) in [4.78, 5) is 16.0. The van der Waals surface area contributed by atoms with E-state index in [2.05, 4.69) is 27.0 Å². The lowest BCUT2D eigenvalue weighted by atomic mass is 10.0. The van der Waals surface area contributed by atoms with Crippen molar-refractivity contribution in [2.24, 2.45) is 0 Å². The van der Waals surface area contributed by atoms with Gasteiger partial charge in [0.2, 0.25) is 0 Å². The molecule has 0 saturated heterocycles. The molecule has 2 aromatic rings. The maximum absolute atomic E-state index is 11.5. The molecule has 2 rings (SSSR count). The minimum atomic E-state index is -0.314. The minimum Gasteiger partial charge on any atom is -0.465 e. The number of nitrogens with zero attached hydrogens (tertiary/aromatic N) is 1. The molecule has 0 amide bonds. The van der Waals surface area contributed by atoms with Gasteiger partial charge in [0.05, 0.1) is 12.7 Å². The molecule has 0 aliphatic rings. The number of hydrogen-bond acceptors (Lipinski definition) is 3. The van der Waals surface area contributed by atoms with E-state index < -0.39 is 0 Å². The van der Waals surface area contributed by atoms with Gasteiger partial charge in [0.1, 0.15) is 0 Å². The Morgan fingerprint density at radius 3 is 2.71 bits per heavy atom. The van der Waals surface area contributed by atoms with E-state index in [1.165, 1.54) is 12.7 Å². The van der Waals surface area contributed by atoms with Crippen LogP contribution < -0.4 is 0 Å². The van der Waals surface area contributed by atoms with Crippen LogP contribution in [-0.4, -0.2) is 18.1 Å². The summed E-state index contributed by atoms with van der Waals surface area (Å²) in [5, 5.41) is 0. The van der Waals surface area contributed by atoms with Gasteiger partial charge in [0.15, 0.2) is 0 Å². The van der Waals surface area contributed by atoms with Gasteiger partial charge in [-0.2, -0.15) is 0 Å². The van der Waals surface area contributed by atoms with Gasteiger partial charge in [-0.15, -0.1) is 0 Å². The number of carbonyl (C=O) groups is 1. The van der Waals surface area contributed by atoms with Crippen molar-refractivity contribution in [3.63, 3.8) is 0 Å². The van der Waals surface area contributed by atoms with Crippen molar-refractivity contribution in [1.29, 1.82) is 0 Å². The molecule has 0 atom stereocenters. The Hall–Kier alpha value is -1.68. The quantitative estimate of drug-likeness (QED) is 0.764. The predicted octanol–water partition coefficient (Wildman–Crippen LogP) is 4.11. The highest BCUT2D eigenvalue weighted by Gasteiger charge is 2.08. The molecule has 4 heteroatoms. The molecule has 1 aromatic heterocycles. The summed E-state index contributed by atoms with van der Waals surface area (Å²) in [5.41, 5.74) is 3.93. The van der Waals surface area contributed by atoms with Crippen molar-refractivity contribution in [3.8, 4) is 0 Å². The number of ether oxygens (including phenoxy) is 1. The fraction of sp³-hybridized carbons (Fsp3) is 0.294. The normalized spacial score (nSPS) is 10.4. The third kappa shape index (κ3) is 4.39. The van der Waals surface area contributed by atoms with Gasteiger partial charge in [-0.05, 0) is 56.0 Å². The van der Waals surface area contributed by atoms with E-state index in [1.807, 2.05) is 31.2 Å². The Labute approximate surface area is 133 Å². The first-order chi connectivity index (χ1) is 10.1. The summed E-state index contributed by atoms with van der Waals surface area (Å²) in [6.07, 6.45) is 2.91. The molecule has 110 valence electrons. The smallest absolute Gasteiger partial charge is 0.337 e. The second kappa shape index (κ2) is 7.36. The number of aromatic nitrogens is 1. The second-order valence-corrected chi connectivity index (χ2v) is 5.78. The number of carbonyl (C=O) groups excluding carboxylic acids is 1. The fourth-order valence-electron chi connectivity index (χ4n) is 2.19. The molecule has 0 aliphatic heterocycles. The minimum absolute atomic E-state index is 0.314. The number of halogens is 1. The molecule has 0 spiro atoms.